The van der Waals surface area contributed by atoms with Crippen LogP contribution in [0.1, 0.15) is 41.4 Å². The van der Waals surface area contributed by atoms with Crippen molar-refractivity contribution in [3.8, 4) is 0 Å². The third-order valence-electron chi connectivity index (χ3n) is 5.23. The molecule has 1 fully saturated rings. The van der Waals surface area contributed by atoms with Crippen molar-refractivity contribution in [3.63, 3.8) is 0 Å². The van der Waals surface area contributed by atoms with E-state index in [1.54, 1.807) is 11.6 Å². The van der Waals surface area contributed by atoms with Crippen LogP contribution in [0, 0.1) is 0 Å². The van der Waals surface area contributed by atoms with Gasteiger partial charge in [0.25, 0.3) is 0 Å². The van der Waals surface area contributed by atoms with E-state index in [1.807, 2.05) is 18.2 Å². The number of nitrogens with zero attached hydrogens (tertiary/aromatic N) is 3. The molecule has 1 aliphatic heterocycles. The second-order valence-electron chi connectivity index (χ2n) is 7.44. The smallest absolute Gasteiger partial charge is 0.301 e. The van der Waals surface area contributed by atoms with Gasteiger partial charge in [0.1, 0.15) is 0 Å². The number of anilines is 1. The molecule has 0 aliphatic carbocycles. The van der Waals surface area contributed by atoms with Crippen LogP contribution in [0.15, 0.2) is 54.0 Å². The molecule has 5 nitrogen and oxygen atoms in total. The molecule has 2 aromatic heterocycles. The van der Waals surface area contributed by atoms with E-state index in [-0.39, 0.29) is 18.5 Å². The maximum Gasteiger partial charge on any atom is 0.416 e. The molecule has 9 heteroatoms. The first-order chi connectivity index (χ1) is 14.9. The van der Waals surface area contributed by atoms with E-state index >= 15 is 0 Å². The van der Waals surface area contributed by atoms with Crippen molar-refractivity contribution in [2.75, 3.05) is 18.4 Å². The number of hydrogen-bond donors (Lipinski definition) is 1. The molecule has 1 atom stereocenters. The van der Waals surface area contributed by atoms with Gasteiger partial charge in [-0.15, -0.1) is 11.3 Å². The van der Waals surface area contributed by atoms with E-state index in [0.29, 0.717) is 11.6 Å². The predicted octanol–water partition coefficient (Wildman–Crippen LogP) is 4.92. The normalized spacial score (nSPS) is 17.1. The lowest BCUT2D eigenvalue weighted by atomic mass is 10.1. The second kappa shape index (κ2) is 9.15. The van der Waals surface area contributed by atoms with Gasteiger partial charge in [-0.25, -0.2) is 4.98 Å². The van der Waals surface area contributed by atoms with Crippen LogP contribution < -0.4 is 5.32 Å². The van der Waals surface area contributed by atoms with Gasteiger partial charge in [-0.05, 0) is 49.2 Å². The summed E-state index contributed by atoms with van der Waals surface area (Å²) in [7, 11) is 0. The number of carbonyl (C=O) groups is 1. The number of likely N-dealkylation sites (tertiary alicyclic amines) is 1. The van der Waals surface area contributed by atoms with Crippen LogP contribution in [0.25, 0.3) is 0 Å². The van der Waals surface area contributed by atoms with Crippen molar-refractivity contribution in [3.05, 3.63) is 76.6 Å². The number of amides is 1. The molecule has 3 aromatic rings. The Balaban J connectivity index is 1.42. The van der Waals surface area contributed by atoms with Crippen molar-refractivity contribution in [1.82, 2.24) is 14.9 Å². The topological polar surface area (TPSA) is 58.1 Å². The van der Waals surface area contributed by atoms with Gasteiger partial charge in [0, 0.05) is 23.7 Å². The monoisotopic (exact) mass is 446 g/mol. The molecule has 1 amide bonds. The fourth-order valence-corrected chi connectivity index (χ4v) is 4.33. The summed E-state index contributed by atoms with van der Waals surface area (Å²) in [5.41, 5.74) is 1.78. The fraction of sp³-hybridized carbons (Fsp3) is 0.318. The number of thiazole rings is 1. The van der Waals surface area contributed by atoms with E-state index in [4.69, 9.17) is 4.98 Å². The highest BCUT2D eigenvalue weighted by atomic mass is 32.1. The molecule has 0 bridgehead atoms. The quantitative estimate of drug-likeness (QED) is 0.584. The molecule has 1 saturated heterocycles. The standard InChI is InChI=1S/C22H21F3N4OS/c23-22(24,25)16-8-6-15(7-9-16)13-17-3-1-4-18(27-17)19-5-2-11-29(19)14-20(30)28-21-26-10-12-31-21/h1,3-4,6-10,12,19H,2,5,11,13-14H2,(H,26,28,30)/t19-/m1/s1. The fourth-order valence-electron chi connectivity index (χ4n) is 3.78. The molecule has 0 saturated carbocycles. The number of carbonyl (C=O) groups excluding carboxylic acids is 1. The van der Waals surface area contributed by atoms with Crippen LogP contribution in [0.2, 0.25) is 0 Å². The number of nitrogens with one attached hydrogen (secondary N) is 1. The van der Waals surface area contributed by atoms with E-state index in [1.165, 1.54) is 23.5 Å². The first-order valence-corrected chi connectivity index (χ1v) is 10.8. The van der Waals surface area contributed by atoms with Crippen LogP contribution in [0.5, 0.6) is 0 Å². The van der Waals surface area contributed by atoms with Gasteiger partial charge in [0.15, 0.2) is 5.13 Å². The Hall–Kier alpha value is -2.78. The minimum Gasteiger partial charge on any atom is -0.301 e. The zero-order chi connectivity index (χ0) is 21.8. The summed E-state index contributed by atoms with van der Waals surface area (Å²) in [4.78, 5) is 23.3. The van der Waals surface area contributed by atoms with Crippen molar-refractivity contribution < 1.29 is 18.0 Å². The second-order valence-corrected chi connectivity index (χ2v) is 8.33. The number of alkyl halides is 3. The Kier molecular flexibility index (Phi) is 6.33. The molecular weight excluding hydrogens is 425 g/mol. The minimum atomic E-state index is -4.34. The van der Waals surface area contributed by atoms with E-state index < -0.39 is 11.7 Å². The van der Waals surface area contributed by atoms with Crippen molar-refractivity contribution >= 4 is 22.4 Å². The highest BCUT2D eigenvalue weighted by Crippen LogP contribution is 2.31. The molecule has 162 valence electrons. The van der Waals surface area contributed by atoms with Crippen LogP contribution in [-0.2, 0) is 17.4 Å². The SMILES string of the molecule is O=C(CN1CCC[C@@H]1c1cccc(Cc2ccc(C(F)(F)F)cc2)n1)Nc1nccs1. The van der Waals surface area contributed by atoms with Crippen molar-refractivity contribution in [2.24, 2.45) is 0 Å². The van der Waals surface area contributed by atoms with Crippen molar-refractivity contribution in [2.45, 2.75) is 31.5 Å². The third-order valence-corrected chi connectivity index (χ3v) is 5.91. The zero-order valence-corrected chi connectivity index (χ0v) is 17.4. The molecule has 3 heterocycles. The van der Waals surface area contributed by atoms with Crippen LogP contribution in [0.3, 0.4) is 0 Å². The Morgan fingerprint density at radius 3 is 2.71 bits per heavy atom. The number of hydrogen-bond acceptors (Lipinski definition) is 5. The van der Waals surface area contributed by atoms with Gasteiger partial charge in [0.05, 0.1) is 23.8 Å². The largest absolute Gasteiger partial charge is 0.416 e. The van der Waals surface area contributed by atoms with Gasteiger partial charge < -0.3 is 5.32 Å². The lowest BCUT2D eigenvalue weighted by Crippen LogP contribution is -2.33. The summed E-state index contributed by atoms with van der Waals surface area (Å²) in [5.74, 6) is -0.109. The van der Waals surface area contributed by atoms with Crippen LogP contribution in [0.4, 0.5) is 18.3 Å². The molecule has 1 aliphatic rings. The first-order valence-electron chi connectivity index (χ1n) is 9.94. The Bertz CT molecular complexity index is 1020. The average molecular weight is 446 g/mol. The lowest BCUT2D eigenvalue weighted by Gasteiger charge is -2.23. The Morgan fingerprint density at radius 2 is 2.00 bits per heavy atom. The zero-order valence-electron chi connectivity index (χ0n) is 16.6. The van der Waals surface area contributed by atoms with E-state index in [2.05, 4.69) is 15.2 Å². The number of benzene rings is 1. The number of pyridine rings is 1. The number of aromatic nitrogens is 2. The summed E-state index contributed by atoms with van der Waals surface area (Å²) >= 11 is 1.37. The van der Waals surface area contributed by atoms with E-state index in [0.717, 1.165) is 48.5 Å². The van der Waals surface area contributed by atoms with Crippen LogP contribution >= 0.6 is 11.3 Å². The Labute approximate surface area is 182 Å². The number of halogens is 3. The first kappa shape index (κ1) is 21.5. The predicted molar refractivity (Wildman–Crippen MR) is 113 cm³/mol. The molecule has 1 aromatic carbocycles. The van der Waals surface area contributed by atoms with Gasteiger partial charge in [-0.3, -0.25) is 14.7 Å². The molecule has 31 heavy (non-hydrogen) atoms. The van der Waals surface area contributed by atoms with Crippen LogP contribution in [-0.4, -0.2) is 33.9 Å². The Morgan fingerprint density at radius 1 is 1.19 bits per heavy atom. The summed E-state index contributed by atoms with van der Waals surface area (Å²) in [6.07, 6.45) is -0.371. The van der Waals surface area contributed by atoms with Gasteiger partial charge in [-0.2, -0.15) is 13.2 Å². The number of rotatable bonds is 6. The summed E-state index contributed by atoms with van der Waals surface area (Å²) in [6, 6.07) is 10.9. The molecule has 0 spiro atoms. The molecule has 0 radical (unpaired) electrons. The summed E-state index contributed by atoms with van der Waals surface area (Å²) in [6.45, 7) is 1.07. The maximum absolute atomic E-state index is 12.8. The van der Waals surface area contributed by atoms with Gasteiger partial charge in [0.2, 0.25) is 5.91 Å². The highest BCUT2D eigenvalue weighted by Gasteiger charge is 2.30. The van der Waals surface area contributed by atoms with E-state index in [9.17, 15) is 18.0 Å². The summed E-state index contributed by atoms with van der Waals surface area (Å²) in [5, 5.41) is 5.19. The third kappa shape index (κ3) is 5.48. The van der Waals surface area contributed by atoms with Gasteiger partial charge in [-0.1, -0.05) is 18.2 Å². The minimum absolute atomic E-state index is 0.0367. The lowest BCUT2D eigenvalue weighted by molar-refractivity contribution is -0.137. The molecule has 4 rings (SSSR count). The highest BCUT2D eigenvalue weighted by molar-refractivity contribution is 7.13. The summed E-state index contributed by atoms with van der Waals surface area (Å²) < 4.78 is 38.3. The molecule has 0 unspecified atom stereocenters. The molecule has 1 N–H and O–H groups in total. The molecular formula is C22H21F3N4OS. The maximum atomic E-state index is 12.8. The van der Waals surface area contributed by atoms with Gasteiger partial charge >= 0.3 is 6.18 Å². The average Bonchev–Trinajstić information content (AvgIpc) is 3.40. The van der Waals surface area contributed by atoms with Crippen molar-refractivity contribution in [1.29, 1.82) is 0 Å².